The second-order valence-electron chi connectivity index (χ2n) is 8.15. The fraction of sp³-hybridized carbons (Fsp3) is 0.304. The van der Waals surface area contributed by atoms with Crippen LogP contribution in [0.15, 0.2) is 35.1 Å². The summed E-state index contributed by atoms with van der Waals surface area (Å²) in [7, 11) is 0. The summed E-state index contributed by atoms with van der Waals surface area (Å²) < 4.78 is 12.4. The van der Waals surface area contributed by atoms with Crippen molar-refractivity contribution < 1.29 is 24.2 Å². The first-order valence-electron chi connectivity index (χ1n) is 10.3. The molecule has 2 aliphatic rings. The Morgan fingerprint density at radius 3 is 2.84 bits per heavy atom. The molecule has 164 valence electrons. The van der Waals surface area contributed by atoms with Gasteiger partial charge in [0.25, 0.3) is 5.56 Å². The van der Waals surface area contributed by atoms with Crippen LogP contribution in [0.4, 0.5) is 0 Å². The van der Waals surface area contributed by atoms with Gasteiger partial charge in [-0.2, -0.15) is 0 Å². The number of hydrogen-bond donors (Lipinski definition) is 2. The molecular formula is C23H21N3O6. The van der Waals surface area contributed by atoms with Crippen molar-refractivity contribution in [3.8, 4) is 17.1 Å². The van der Waals surface area contributed by atoms with Gasteiger partial charge in [-0.25, -0.2) is 9.78 Å². The molecule has 5 rings (SSSR count). The van der Waals surface area contributed by atoms with Crippen LogP contribution in [-0.2, 0) is 37.8 Å². The lowest BCUT2D eigenvalue weighted by Gasteiger charge is -2.36. The van der Waals surface area contributed by atoms with Crippen LogP contribution in [0.5, 0.6) is 5.75 Å². The predicted molar refractivity (Wildman–Crippen MR) is 114 cm³/mol. The number of cyclic esters (lactones) is 1. The molecule has 0 saturated carbocycles. The molecule has 0 radical (unpaired) electrons. The molecule has 0 amide bonds. The third kappa shape index (κ3) is 2.74. The average molecular weight is 435 g/mol. The lowest BCUT2D eigenvalue weighted by molar-refractivity contribution is -0.190. The van der Waals surface area contributed by atoms with Crippen molar-refractivity contribution in [2.45, 2.75) is 45.1 Å². The van der Waals surface area contributed by atoms with E-state index >= 15 is 0 Å². The van der Waals surface area contributed by atoms with Crippen LogP contribution in [0.25, 0.3) is 22.3 Å². The van der Waals surface area contributed by atoms with Gasteiger partial charge in [-0.1, -0.05) is 6.92 Å². The maximum atomic E-state index is 13.4. The first kappa shape index (κ1) is 20.2. The summed E-state index contributed by atoms with van der Waals surface area (Å²) >= 11 is 0. The number of carbonyl (C=O) groups is 2. The van der Waals surface area contributed by atoms with Crippen molar-refractivity contribution in [1.82, 2.24) is 9.55 Å². The summed E-state index contributed by atoms with van der Waals surface area (Å²) in [4.78, 5) is 43.3. The molecule has 2 atom stereocenters. The summed E-state index contributed by atoms with van der Waals surface area (Å²) in [5, 5.41) is 10.5. The van der Waals surface area contributed by atoms with Crippen molar-refractivity contribution in [3.05, 3.63) is 57.4 Å². The minimum Gasteiger partial charge on any atom is -0.508 e. The molecule has 2 aromatic heterocycles. The molecule has 4 heterocycles. The number of esters is 2. The molecule has 9 heteroatoms. The predicted octanol–water partition coefficient (Wildman–Crippen LogP) is 1.68. The highest BCUT2D eigenvalue weighted by Gasteiger charge is 2.50. The molecule has 0 aliphatic carbocycles. The fourth-order valence-electron chi connectivity index (χ4n) is 4.40. The van der Waals surface area contributed by atoms with E-state index < -0.39 is 23.6 Å². The van der Waals surface area contributed by atoms with Gasteiger partial charge in [-0.15, -0.1) is 0 Å². The number of benzene rings is 1. The second kappa shape index (κ2) is 6.89. The van der Waals surface area contributed by atoms with Crippen LogP contribution in [0, 0.1) is 0 Å². The van der Waals surface area contributed by atoms with E-state index in [1.165, 1.54) is 6.92 Å². The molecule has 3 N–H and O–H groups in total. The zero-order valence-electron chi connectivity index (χ0n) is 17.5. The fourth-order valence-corrected chi connectivity index (χ4v) is 4.40. The van der Waals surface area contributed by atoms with Gasteiger partial charge in [0.2, 0.25) is 5.60 Å². The summed E-state index contributed by atoms with van der Waals surface area (Å²) in [5.74, 6) is -1.37. The van der Waals surface area contributed by atoms with E-state index in [9.17, 15) is 19.5 Å². The van der Waals surface area contributed by atoms with Gasteiger partial charge < -0.3 is 24.9 Å². The number of ether oxygens (including phenoxy) is 2. The van der Waals surface area contributed by atoms with E-state index in [2.05, 4.69) is 0 Å². The molecule has 1 aromatic carbocycles. The number of phenolic OH excluding ortho intramolecular Hbond substituents is 1. The zero-order chi connectivity index (χ0) is 22.8. The highest BCUT2D eigenvalue weighted by Crippen LogP contribution is 2.41. The number of nitrogens with zero attached hydrogens (tertiary/aromatic N) is 2. The van der Waals surface area contributed by atoms with Gasteiger partial charge in [0.15, 0.2) is 0 Å². The summed E-state index contributed by atoms with van der Waals surface area (Å²) in [6, 6.07) is 7.48. The lowest BCUT2D eigenvalue weighted by Crippen LogP contribution is -2.49. The molecule has 3 aromatic rings. The quantitative estimate of drug-likeness (QED) is 0.464. The number of aromatic nitrogens is 2. The second-order valence-corrected chi connectivity index (χ2v) is 8.15. The third-order valence-corrected chi connectivity index (χ3v) is 6.11. The van der Waals surface area contributed by atoms with Gasteiger partial charge >= 0.3 is 11.9 Å². The number of carbonyl (C=O) groups excluding carboxylic acids is 2. The monoisotopic (exact) mass is 435 g/mol. The van der Waals surface area contributed by atoms with Gasteiger partial charge in [-0.3, -0.25) is 9.59 Å². The number of aromatic hydroxyl groups is 1. The average Bonchev–Trinajstić information content (AvgIpc) is 3.12. The van der Waals surface area contributed by atoms with Crippen molar-refractivity contribution in [1.29, 1.82) is 0 Å². The van der Waals surface area contributed by atoms with E-state index in [0.717, 1.165) is 10.9 Å². The van der Waals surface area contributed by atoms with Crippen LogP contribution in [-0.4, -0.2) is 32.6 Å². The van der Waals surface area contributed by atoms with Crippen LogP contribution in [0.1, 0.15) is 37.0 Å². The topological polar surface area (TPSA) is 134 Å². The molecule has 0 fully saturated rings. The maximum absolute atomic E-state index is 13.4. The summed E-state index contributed by atoms with van der Waals surface area (Å²) in [5.41, 5.74) is 6.75. The molecule has 32 heavy (non-hydrogen) atoms. The van der Waals surface area contributed by atoms with Crippen LogP contribution in [0.2, 0.25) is 0 Å². The molecular weight excluding hydrogens is 414 g/mol. The van der Waals surface area contributed by atoms with Crippen molar-refractivity contribution in [3.63, 3.8) is 0 Å². The number of hydrogen-bond acceptors (Lipinski definition) is 8. The number of nitrogens with two attached hydrogens (primary N) is 1. The van der Waals surface area contributed by atoms with Crippen molar-refractivity contribution in [2.24, 2.45) is 5.73 Å². The highest BCUT2D eigenvalue weighted by molar-refractivity contribution is 5.89. The largest absolute Gasteiger partial charge is 0.508 e. The van der Waals surface area contributed by atoms with Gasteiger partial charge in [0, 0.05) is 16.5 Å². The minimum absolute atomic E-state index is 0.0808. The van der Waals surface area contributed by atoms with Crippen LogP contribution >= 0.6 is 0 Å². The maximum Gasteiger partial charge on any atom is 0.355 e. The first-order chi connectivity index (χ1) is 15.2. The van der Waals surface area contributed by atoms with Crippen molar-refractivity contribution >= 4 is 22.8 Å². The molecule has 0 spiro atoms. The zero-order valence-corrected chi connectivity index (χ0v) is 17.5. The smallest absolute Gasteiger partial charge is 0.355 e. The van der Waals surface area contributed by atoms with E-state index in [1.807, 2.05) is 6.07 Å². The Morgan fingerprint density at radius 1 is 1.34 bits per heavy atom. The SMILES string of the molecule is CCC1(OC(=O)C(C)N)C(=O)OCc2c1cc1n(c2=O)Cc2cc3cc(O)ccc3nc2-1. The number of phenols is 1. The third-order valence-electron chi connectivity index (χ3n) is 6.11. The Balaban J connectivity index is 1.74. The Kier molecular flexibility index (Phi) is 4.35. The van der Waals surface area contributed by atoms with Crippen LogP contribution < -0.4 is 11.3 Å². The van der Waals surface area contributed by atoms with Gasteiger partial charge in [0.05, 0.1) is 29.0 Å². The number of fused-ring (bicyclic) bond motifs is 5. The minimum atomic E-state index is -1.75. The lowest BCUT2D eigenvalue weighted by atomic mass is 9.85. The normalized spacial score (nSPS) is 19.7. The molecule has 2 unspecified atom stereocenters. The Labute approximate surface area is 182 Å². The Morgan fingerprint density at radius 2 is 2.12 bits per heavy atom. The van der Waals surface area contributed by atoms with E-state index in [0.29, 0.717) is 29.0 Å². The highest BCUT2D eigenvalue weighted by atomic mass is 16.6. The Hall–Kier alpha value is -3.72. The van der Waals surface area contributed by atoms with E-state index in [4.69, 9.17) is 20.2 Å². The van der Waals surface area contributed by atoms with Gasteiger partial charge in [-0.05, 0) is 43.7 Å². The number of pyridine rings is 2. The standard InChI is InChI=1S/C23H21N3O6/c1-3-23(32-21(29)11(2)24)16-8-18-19-13(6-12-7-14(27)4-5-17(12)25-19)9-26(18)20(28)15(16)10-31-22(23)30/h4-8,11,27H,3,9-10,24H2,1-2H3. The molecule has 0 saturated heterocycles. The van der Waals surface area contributed by atoms with Crippen molar-refractivity contribution in [2.75, 3.05) is 0 Å². The Bertz CT molecular complexity index is 1380. The first-order valence-corrected chi connectivity index (χ1v) is 10.3. The summed E-state index contributed by atoms with van der Waals surface area (Å²) in [6.45, 7) is 3.23. The summed E-state index contributed by atoms with van der Waals surface area (Å²) in [6.07, 6.45) is 0.0808. The van der Waals surface area contributed by atoms with Crippen LogP contribution in [0.3, 0.4) is 0 Å². The molecule has 0 bridgehead atoms. The number of rotatable bonds is 3. The molecule has 2 aliphatic heterocycles. The molecule has 9 nitrogen and oxygen atoms in total. The van der Waals surface area contributed by atoms with E-state index in [-0.39, 0.29) is 29.9 Å². The van der Waals surface area contributed by atoms with Gasteiger partial charge in [0.1, 0.15) is 18.4 Å². The van der Waals surface area contributed by atoms with E-state index in [1.54, 1.807) is 35.8 Å².